The third-order valence-electron chi connectivity index (χ3n) is 4.00. The normalized spacial score (nSPS) is 12.6. The summed E-state index contributed by atoms with van der Waals surface area (Å²) < 4.78 is 33.1. The number of amides is 1. The molecule has 0 saturated heterocycles. The average molecular weight is 391 g/mol. The van der Waals surface area contributed by atoms with Crippen LogP contribution in [0.5, 0.6) is 5.75 Å². The van der Waals surface area contributed by atoms with Crippen molar-refractivity contribution >= 4 is 21.6 Å². The van der Waals surface area contributed by atoms with Crippen molar-refractivity contribution in [2.75, 3.05) is 11.9 Å². The molecule has 0 bridgehead atoms. The van der Waals surface area contributed by atoms with Gasteiger partial charge in [0.15, 0.2) is 0 Å². The molecule has 0 aliphatic rings. The molecule has 0 aliphatic heterocycles. The minimum Gasteiger partial charge on any atom is -0.494 e. The predicted octanol–water partition coefficient (Wildman–Crippen LogP) is 3.34. The quantitative estimate of drug-likeness (QED) is 0.724. The highest BCUT2D eigenvalue weighted by Gasteiger charge is 2.28. The van der Waals surface area contributed by atoms with E-state index in [0.717, 1.165) is 5.56 Å². The van der Waals surface area contributed by atoms with Crippen molar-refractivity contribution in [1.29, 1.82) is 0 Å². The Morgan fingerprint density at radius 2 is 1.63 bits per heavy atom. The molecule has 1 amide bonds. The van der Waals surface area contributed by atoms with E-state index in [1.807, 2.05) is 13.8 Å². The van der Waals surface area contributed by atoms with Crippen molar-refractivity contribution in [3.8, 4) is 5.75 Å². The van der Waals surface area contributed by atoms with E-state index >= 15 is 0 Å². The molecular formula is C20H26N2O4S. The molecule has 7 heteroatoms. The van der Waals surface area contributed by atoms with E-state index in [4.69, 9.17) is 4.74 Å². The summed E-state index contributed by atoms with van der Waals surface area (Å²) in [5.41, 5.74) is 1.53. The van der Waals surface area contributed by atoms with E-state index in [1.165, 1.54) is 12.1 Å². The molecule has 0 aromatic heterocycles. The summed E-state index contributed by atoms with van der Waals surface area (Å²) in [6, 6.07) is 12.5. The molecule has 0 saturated carbocycles. The molecule has 0 aliphatic carbocycles. The van der Waals surface area contributed by atoms with Crippen LogP contribution in [0.15, 0.2) is 53.4 Å². The van der Waals surface area contributed by atoms with Gasteiger partial charge in [0, 0.05) is 5.69 Å². The first-order valence-corrected chi connectivity index (χ1v) is 10.3. The van der Waals surface area contributed by atoms with Crippen molar-refractivity contribution in [3.05, 3.63) is 54.1 Å². The van der Waals surface area contributed by atoms with Crippen molar-refractivity contribution in [2.45, 2.75) is 38.6 Å². The maximum atomic E-state index is 12.7. The number of hydrogen-bond donors (Lipinski definition) is 2. The van der Waals surface area contributed by atoms with Crippen LogP contribution in [-0.4, -0.2) is 27.0 Å². The molecule has 0 unspecified atom stereocenters. The van der Waals surface area contributed by atoms with Crippen LogP contribution >= 0.6 is 0 Å². The number of anilines is 1. The van der Waals surface area contributed by atoms with E-state index < -0.39 is 22.0 Å². The first-order valence-electron chi connectivity index (χ1n) is 8.85. The van der Waals surface area contributed by atoms with Crippen LogP contribution in [-0.2, 0) is 14.8 Å². The van der Waals surface area contributed by atoms with E-state index in [0.29, 0.717) is 18.0 Å². The van der Waals surface area contributed by atoms with Gasteiger partial charge in [0.1, 0.15) is 11.8 Å². The van der Waals surface area contributed by atoms with Gasteiger partial charge in [-0.1, -0.05) is 31.5 Å². The van der Waals surface area contributed by atoms with Crippen LogP contribution in [0, 0.1) is 12.8 Å². The molecule has 2 N–H and O–H groups in total. The fraction of sp³-hybridized carbons (Fsp3) is 0.350. The van der Waals surface area contributed by atoms with Gasteiger partial charge in [-0.3, -0.25) is 4.79 Å². The lowest BCUT2D eigenvalue weighted by Gasteiger charge is -2.22. The number of aryl methyl sites for hydroxylation is 1. The third kappa shape index (κ3) is 5.80. The molecule has 0 radical (unpaired) electrons. The Bertz CT molecular complexity index is 860. The van der Waals surface area contributed by atoms with Gasteiger partial charge in [0.05, 0.1) is 11.5 Å². The summed E-state index contributed by atoms with van der Waals surface area (Å²) in [6.07, 6.45) is 0. The Morgan fingerprint density at radius 1 is 1.04 bits per heavy atom. The minimum absolute atomic E-state index is 0.132. The van der Waals surface area contributed by atoms with Crippen LogP contribution < -0.4 is 14.8 Å². The number of nitrogens with one attached hydrogen (secondary N) is 2. The fourth-order valence-corrected chi connectivity index (χ4v) is 3.81. The second-order valence-electron chi connectivity index (χ2n) is 6.60. The SMILES string of the molecule is CCOc1ccc(NC(=O)[C@@H](NS(=O)(=O)c2ccc(C)cc2)C(C)C)cc1. The zero-order valence-electron chi connectivity index (χ0n) is 16.0. The Kier molecular flexibility index (Phi) is 6.98. The first kappa shape index (κ1) is 20.9. The maximum Gasteiger partial charge on any atom is 0.242 e. The van der Waals surface area contributed by atoms with Crippen molar-refractivity contribution in [1.82, 2.24) is 4.72 Å². The van der Waals surface area contributed by atoms with Gasteiger partial charge in [0.25, 0.3) is 0 Å². The molecule has 1 atom stereocenters. The lowest BCUT2D eigenvalue weighted by Crippen LogP contribution is -2.47. The lowest BCUT2D eigenvalue weighted by molar-refractivity contribution is -0.118. The summed E-state index contributed by atoms with van der Waals surface area (Å²) in [6.45, 7) is 7.91. The van der Waals surface area contributed by atoms with Gasteiger partial charge in [0.2, 0.25) is 15.9 Å². The zero-order valence-corrected chi connectivity index (χ0v) is 16.8. The fourth-order valence-electron chi connectivity index (χ4n) is 2.47. The highest BCUT2D eigenvalue weighted by atomic mass is 32.2. The van der Waals surface area contributed by atoms with Gasteiger partial charge in [-0.2, -0.15) is 4.72 Å². The summed E-state index contributed by atoms with van der Waals surface area (Å²) >= 11 is 0. The summed E-state index contributed by atoms with van der Waals surface area (Å²) in [4.78, 5) is 12.8. The summed E-state index contributed by atoms with van der Waals surface area (Å²) in [5.74, 6) is 0.0637. The number of hydrogen-bond acceptors (Lipinski definition) is 4. The highest BCUT2D eigenvalue weighted by Crippen LogP contribution is 2.18. The summed E-state index contributed by atoms with van der Waals surface area (Å²) in [7, 11) is -3.80. The van der Waals surface area contributed by atoms with E-state index in [1.54, 1.807) is 50.2 Å². The largest absolute Gasteiger partial charge is 0.494 e. The zero-order chi connectivity index (χ0) is 20.0. The standard InChI is InChI=1S/C20H26N2O4S/c1-5-26-17-10-8-16(9-11-17)21-20(23)19(14(2)3)22-27(24,25)18-12-6-15(4)7-13-18/h6-14,19,22H,5H2,1-4H3,(H,21,23)/t19-/m0/s1. The Morgan fingerprint density at radius 3 is 2.15 bits per heavy atom. The second kappa shape index (κ2) is 9.01. The topological polar surface area (TPSA) is 84.5 Å². The maximum absolute atomic E-state index is 12.7. The van der Waals surface area contributed by atoms with Crippen LogP contribution in [0.2, 0.25) is 0 Å². The van der Waals surface area contributed by atoms with Crippen LogP contribution in [0.3, 0.4) is 0 Å². The Balaban J connectivity index is 2.13. The first-order chi connectivity index (χ1) is 12.7. The highest BCUT2D eigenvalue weighted by molar-refractivity contribution is 7.89. The monoisotopic (exact) mass is 390 g/mol. The molecule has 0 heterocycles. The number of rotatable bonds is 8. The van der Waals surface area contributed by atoms with Gasteiger partial charge >= 0.3 is 0 Å². The Hall–Kier alpha value is -2.38. The van der Waals surface area contributed by atoms with E-state index in [2.05, 4.69) is 10.0 Å². The number of sulfonamides is 1. The Labute approximate surface area is 161 Å². The third-order valence-corrected chi connectivity index (χ3v) is 5.45. The molecule has 0 spiro atoms. The molecule has 2 aromatic carbocycles. The number of carbonyl (C=O) groups is 1. The number of carbonyl (C=O) groups excluding carboxylic acids is 1. The van der Waals surface area contributed by atoms with E-state index in [-0.39, 0.29) is 10.8 Å². The van der Waals surface area contributed by atoms with Gasteiger partial charge < -0.3 is 10.1 Å². The molecule has 6 nitrogen and oxygen atoms in total. The molecule has 0 fully saturated rings. The van der Waals surface area contributed by atoms with E-state index in [9.17, 15) is 13.2 Å². The average Bonchev–Trinajstić information content (AvgIpc) is 2.61. The predicted molar refractivity (Wildman–Crippen MR) is 106 cm³/mol. The van der Waals surface area contributed by atoms with Gasteiger partial charge in [-0.15, -0.1) is 0 Å². The molecular weight excluding hydrogens is 364 g/mol. The van der Waals surface area contributed by atoms with Crippen molar-refractivity contribution in [3.63, 3.8) is 0 Å². The number of benzene rings is 2. The van der Waals surface area contributed by atoms with Crippen molar-refractivity contribution < 1.29 is 17.9 Å². The van der Waals surface area contributed by atoms with Gasteiger partial charge in [-0.25, -0.2) is 8.42 Å². The molecule has 146 valence electrons. The van der Waals surface area contributed by atoms with Crippen LogP contribution in [0.4, 0.5) is 5.69 Å². The lowest BCUT2D eigenvalue weighted by atomic mass is 10.0. The van der Waals surface area contributed by atoms with Crippen molar-refractivity contribution in [2.24, 2.45) is 5.92 Å². The molecule has 2 aromatic rings. The second-order valence-corrected chi connectivity index (χ2v) is 8.32. The number of ether oxygens (including phenoxy) is 1. The van der Waals surface area contributed by atoms with Crippen LogP contribution in [0.25, 0.3) is 0 Å². The van der Waals surface area contributed by atoms with Crippen LogP contribution in [0.1, 0.15) is 26.3 Å². The smallest absolute Gasteiger partial charge is 0.242 e. The minimum atomic E-state index is -3.80. The van der Waals surface area contributed by atoms with Gasteiger partial charge in [-0.05, 0) is 56.2 Å². The summed E-state index contributed by atoms with van der Waals surface area (Å²) in [5, 5.41) is 2.75. The molecule has 2 rings (SSSR count). The molecule has 27 heavy (non-hydrogen) atoms.